The molecule has 1 saturated heterocycles. The molecule has 1 aromatic heterocycles. The highest BCUT2D eigenvalue weighted by Crippen LogP contribution is 2.25. The number of carboxylic acids is 1. The highest BCUT2D eigenvalue weighted by atomic mass is 16.5. The van der Waals surface area contributed by atoms with E-state index in [1.54, 1.807) is 0 Å². The van der Waals surface area contributed by atoms with E-state index in [2.05, 4.69) is 5.16 Å². The molecule has 2 rings (SSSR count). The van der Waals surface area contributed by atoms with Gasteiger partial charge in [-0.3, -0.25) is 4.79 Å². The van der Waals surface area contributed by atoms with Crippen LogP contribution in [0.5, 0.6) is 0 Å². The van der Waals surface area contributed by atoms with Crippen molar-refractivity contribution in [2.24, 2.45) is 5.92 Å². The van der Waals surface area contributed by atoms with Crippen LogP contribution >= 0.6 is 0 Å². The van der Waals surface area contributed by atoms with Gasteiger partial charge >= 0.3 is 5.97 Å². The average molecular weight is 280 g/mol. The van der Waals surface area contributed by atoms with E-state index in [0.717, 1.165) is 23.4 Å². The molecule has 110 valence electrons. The average Bonchev–Trinajstić information content (AvgIpc) is 2.91. The van der Waals surface area contributed by atoms with Gasteiger partial charge < -0.3 is 14.5 Å². The van der Waals surface area contributed by atoms with E-state index in [-0.39, 0.29) is 11.8 Å². The van der Waals surface area contributed by atoms with Crippen LogP contribution in [0.2, 0.25) is 0 Å². The number of carbonyl (C=O) groups excluding carboxylic acids is 1. The minimum Gasteiger partial charge on any atom is -0.480 e. The zero-order valence-corrected chi connectivity index (χ0v) is 12.0. The van der Waals surface area contributed by atoms with Gasteiger partial charge in [0, 0.05) is 18.5 Å². The first-order valence-corrected chi connectivity index (χ1v) is 6.85. The van der Waals surface area contributed by atoms with Crippen LogP contribution in [0.1, 0.15) is 36.8 Å². The summed E-state index contributed by atoms with van der Waals surface area (Å²) >= 11 is 0. The van der Waals surface area contributed by atoms with Crippen molar-refractivity contribution in [3.05, 3.63) is 17.0 Å². The lowest BCUT2D eigenvalue weighted by atomic mass is 10.0. The van der Waals surface area contributed by atoms with Crippen LogP contribution in [-0.2, 0) is 16.0 Å². The zero-order chi connectivity index (χ0) is 14.9. The van der Waals surface area contributed by atoms with Crippen molar-refractivity contribution in [1.29, 1.82) is 0 Å². The predicted octanol–water partition coefficient (Wildman–Crippen LogP) is 1.55. The number of carbonyl (C=O) groups is 2. The summed E-state index contributed by atoms with van der Waals surface area (Å²) in [4.78, 5) is 25.0. The minimum atomic E-state index is -0.916. The number of aryl methyl sites for hydroxylation is 2. The second-order valence-corrected chi connectivity index (χ2v) is 5.44. The topological polar surface area (TPSA) is 83.6 Å². The van der Waals surface area contributed by atoms with Crippen LogP contribution in [0.4, 0.5) is 0 Å². The van der Waals surface area contributed by atoms with Gasteiger partial charge in [0.2, 0.25) is 5.91 Å². The second kappa shape index (κ2) is 5.64. The maximum Gasteiger partial charge on any atom is 0.326 e. The summed E-state index contributed by atoms with van der Waals surface area (Å²) in [5.41, 5.74) is 1.73. The van der Waals surface area contributed by atoms with E-state index in [0.29, 0.717) is 19.4 Å². The first kappa shape index (κ1) is 14.6. The van der Waals surface area contributed by atoms with E-state index < -0.39 is 12.0 Å². The number of aromatic nitrogens is 1. The lowest BCUT2D eigenvalue weighted by Gasteiger charge is -2.23. The van der Waals surface area contributed by atoms with Gasteiger partial charge in [-0.1, -0.05) is 12.1 Å². The van der Waals surface area contributed by atoms with Gasteiger partial charge in [-0.05, 0) is 32.6 Å². The molecule has 20 heavy (non-hydrogen) atoms. The van der Waals surface area contributed by atoms with Crippen LogP contribution < -0.4 is 0 Å². The normalized spacial score (nSPS) is 22.2. The lowest BCUT2D eigenvalue weighted by Crippen LogP contribution is -2.42. The Morgan fingerprint density at radius 2 is 2.15 bits per heavy atom. The van der Waals surface area contributed by atoms with Gasteiger partial charge in [0.1, 0.15) is 11.8 Å². The number of aliphatic carboxylic acids is 1. The van der Waals surface area contributed by atoms with E-state index in [1.165, 1.54) is 4.90 Å². The van der Waals surface area contributed by atoms with Crippen LogP contribution in [0.15, 0.2) is 4.52 Å². The Labute approximate surface area is 117 Å². The highest BCUT2D eigenvalue weighted by Gasteiger charge is 2.39. The van der Waals surface area contributed by atoms with Gasteiger partial charge in [0.15, 0.2) is 0 Å². The number of likely N-dealkylation sites (tertiary alicyclic amines) is 1. The maximum absolute atomic E-state index is 12.2. The molecule has 1 aromatic rings. The molecule has 2 atom stereocenters. The van der Waals surface area contributed by atoms with Crippen molar-refractivity contribution in [3.8, 4) is 0 Å². The largest absolute Gasteiger partial charge is 0.480 e. The SMILES string of the molecule is Cc1noc(C)c1CCC(=O)N1CCC(C)C1C(=O)O. The molecule has 1 aliphatic heterocycles. The third kappa shape index (κ3) is 2.69. The summed E-state index contributed by atoms with van der Waals surface area (Å²) in [6.07, 6.45) is 1.57. The highest BCUT2D eigenvalue weighted by molar-refractivity contribution is 5.84. The first-order valence-electron chi connectivity index (χ1n) is 6.85. The van der Waals surface area contributed by atoms with Crippen molar-refractivity contribution in [3.63, 3.8) is 0 Å². The lowest BCUT2D eigenvalue weighted by molar-refractivity contribution is -0.149. The van der Waals surface area contributed by atoms with Crippen LogP contribution in [0.3, 0.4) is 0 Å². The van der Waals surface area contributed by atoms with E-state index in [9.17, 15) is 14.7 Å². The molecule has 0 aromatic carbocycles. The quantitative estimate of drug-likeness (QED) is 0.904. The summed E-state index contributed by atoms with van der Waals surface area (Å²) in [5, 5.41) is 13.1. The summed E-state index contributed by atoms with van der Waals surface area (Å²) in [6.45, 7) is 6.06. The number of nitrogens with zero attached hydrogens (tertiary/aromatic N) is 2. The summed E-state index contributed by atoms with van der Waals surface area (Å²) in [6, 6.07) is -0.688. The predicted molar refractivity (Wildman–Crippen MR) is 71.2 cm³/mol. The Balaban J connectivity index is 2.00. The number of carboxylic acid groups (broad SMARTS) is 1. The van der Waals surface area contributed by atoms with Crippen molar-refractivity contribution in [2.45, 2.75) is 46.1 Å². The van der Waals surface area contributed by atoms with Gasteiger partial charge in [-0.15, -0.1) is 0 Å². The molecule has 1 aliphatic rings. The van der Waals surface area contributed by atoms with Gasteiger partial charge in [-0.25, -0.2) is 4.79 Å². The maximum atomic E-state index is 12.2. The molecule has 0 radical (unpaired) electrons. The van der Waals surface area contributed by atoms with Crippen molar-refractivity contribution < 1.29 is 19.2 Å². The molecule has 0 aliphatic carbocycles. The van der Waals surface area contributed by atoms with Crippen molar-refractivity contribution in [1.82, 2.24) is 10.1 Å². The van der Waals surface area contributed by atoms with Crippen LogP contribution in [0, 0.1) is 19.8 Å². The van der Waals surface area contributed by atoms with E-state index >= 15 is 0 Å². The van der Waals surface area contributed by atoms with Gasteiger partial charge in [-0.2, -0.15) is 0 Å². The molecule has 0 spiro atoms. The Morgan fingerprint density at radius 1 is 1.45 bits per heavy atom. The number of rotatable bonds is 4. The molecule has 6 heteroatoms. The standard InChI is InChI=1S/C14H20N2O4/c1-8-6-7-16(13(8)14(18)19)12(17)5-4-11-9(2)15-20-10(11)3/h8,13H,4-7H2,1-3H3,(H,18,19). The molecule has 2 heterocycles. The number of amides is 1. The summed E-state index contributed by atoms with van der Waals surface area (Å²) < 4.78 is 5.06. The second-order valence-electron chi connectivity index (χ2n) is 5.44. The molecule has 0 saturated carbocycles. The fraction of sp³-hybridized carbons (Fsp3) is 0.643. The number of hydrogen-bond acceptors (Lipinski definition) is 4. The smallest absolute Gasteiger partial charge is 0.326 e. The van der Waals surface area contributed by atoms with Crippen molar-refractivity contribution >= 4 is 11.9 Å². The first-order chi connectivity index (χ1) is 9.41. The van der Waals surface area contributed by atoms with Crippen LogP contribution in [-0.4, -0.2) is 39.6 Å². The van der Waals surface area contributed by atoms with Crippen LogP contribution in [0.25, 0.3) is 0 Å². The molecule has 1 N–H and O–H groups in total. The number of hydrogen-bond donors (Lipinski definition) is 1. The molecule has 6 nitrogen and oxygen atoms in total. The summed E-state index contributed by atoms with van der Waals surface area (Å²) in [7, 11) is 0. The third-order valence-corrected chi connectivity index (χ3v) is 4.04. The summed E-state index contributed by atoms with van der Waals surface area (Å²) in [5.74, 6) is -0.294. The molecule has 1 amide bonds. The van der Waals surface area contributed by atoms with Crippen molar-refractivity contribution in [2.75, 3.05) is 6.54 Å². The minimum absolute atomic E-state index is 0.00974. The Morgan fingerprint density at radius 3 is 2.70 bits per heavy atom. The van der Waals surface area contributed by atoms with Gasteiger partial charge in [0.25, 0.3) is 0 Å². The fourth-order valence-corrected chi connectivity index (χ4v) is 2.84. The molecule has 0 bridgehead atoms. The van der Waals surface area contributed by atoms with E-state index in [1.807, 2.05) is 20.8 Å². The molecule has 2 unspecified atom stereocenters. The monoisotopic (exact) mass is 280 g/mol. The molecular weight excluding hydrogens is 260 g/mol. The molecule has 1 fully saturated rings. The molecular formula is C14H20N2O4. The Bertz CT molecular complexity index is 504. The van der Waals surface area contributed by atoms with Gasteiger partial charge in [0.05, 0.1) is 5.69 Å². The third-order valence-electron chi connectivity index (χ3n) is 4.04. The van der Waals surface area contributed by atoms with E-state index in [4.69, 9.17) is 4.52 Å². The fourth-order valence-electron chi connectivity index (χ4n) is 2.84. The Hall–Kier alpha value is -1.85. The zero-order valence-electron chi connectivity index (χ0n) is 12.0. The Kier molecular flexibility index (Phi) is 4.11.